The van der Waals surface area contributed by atoms with E-state index in [4.69, 9.17) is 4.42 Å². The Morgan fingerprint density at radius 2 is 1.50 bits per heavy atom. The summed E-state index contributed by atoms with van der Waals surface area (Å²) in [6.07, 6.45) is -4.49. The molecule has 0 aliphatic heterocycles. The van der Waals surface area contributed by atoms with Crippen LogP contribution in [-0.4, -0.2) is 11.7 Å². The van der Waals surface area contributed by atoms with E-state index in [1.807, 2.05) is 0 Å². The summed E-state index contributed by atoms with van der Waals surface area (Å²) in [6.45, 7) is 0. The maximum atomic E-state index is 13.0. The van der Waals surface area contributed by atoms with Crippen molar-refractivity contribution in [3.05, 3.63) is 113 Å². The largest absolute Gasteiger partial charge is 0.451 e. The first-order valence-corrected chi connectivity index (χ1v) is 9.60. The van der Waals surface area contributed by atoms with Gasteiger partial charge in [-0.25, -0.2) is 0 Å². The van der Waals surface area contributed by atoms with Crippen LogP contribution in [0.25, 0.3) is 11.3 Å². The third kappa shape index (κ3) is 4.46. The molecule has 4 rings (SSSR count). The Morgan fingerprint density at radius 1 is 0.781 bits per heavy atom. The van der Waals surface area contributed by atoms with E-state index in [1.54, 1.807) is 54.6 Å². The lowest BCUT2D eigenvalue weighted by Gasteiger charge is -2.10. The predicted molar refractivity (Wildman–Crippen MR) is 113 cm³/mol. The first-order valence-electron chi connectivity index (χ1n) is 9.60. The van der Waals surface area contributed by atoms with E-state index in [0.29, 0.717) is 16.8 Å². The molecule has 4 aromatic rings. The molecule has 0 spiro atoms. The quantitative estimate of drug-likeness (QED) is 0.367. The average molecular weight is 435 g/mol. The van der Waals surface area contributed by atoms with Gasteiger partial charge < -0.3 is 9.73 Å². The van der Waals surface area contributed by atoms with Crippen molar-refractivity contribution in [1.29, 1.82) is 0 Å². The molecule has 0 atom stereocenters. The van der Waals surface area contributed by atoms with Gasteiger partial charge in [-0.05, 0) is 36.4 Å². The number of nitrogens with one attached hydrogen (secondary N) is 1. The summed E-state index contributed by atoms with van der Waals surface area (Å²) in [5.74, 6) is -0.864. The number of halogens is 3. The molecule has 32 heavy (non-hydrogen) atoms. The Kier molecular flexibility index (Phi) is 5.64. The highest BCUT2D eigenvalue weighted by Gasteiger charge is 2.30. The molecule has 0 saturated carbocycles. The highest BCUT2D eigenvalue weighted by Crippen LogP contribution is 2.32. The molecule has 1 N–H and O–H groups in total. The Balaban J connectivity index is 1.57. The number of carbonyl (C=O) groups excluding carboxylic acids is 2. The fraction of sp³-hybridized carbons (Fsp3) is 0.0400. The van der Waals surface area contributed by atoms with Crippen LogP contribution in [0, 0.1) is 0 Å². The number of rotatable bonds is 5. The third-order valence-electron chi connectivity index (χ3n) is 4.76. The molecule has 0 fully saturated rings. The van der Waals surface area contributed by atoms with Crippen molar-refractivity contribution in [2.24, 2.45) is 0 Å². The van der Waals surface area contributed by atoms with E-state index in [0.717, 1.165) is 12.1 Å². The van der Waals surface area contributed by atoms with Gasteiger partial charge in [0.1, 0.15) is 5.76 Å². The summed E-state index contributed by atoms with van der Waals surface area (Å²) < 4.78 is 44.4. The van der Waals surface area contributed by atoms with Gasteiger partial charge in [0, 0.05) is 16.7 Å². The van der Waals surface area contributed by atoms with Crippen LogP contribution < -0.4 is 5.32 Å². The standard InChI is InChI=1S/C25H16F3NO3/c26-25(27,28)18-10-6-9-17(15-18)21-13-14-22(32-21)24(31)29-20-12-5-4-11-19(20)23(30)16-7-2-1-3-8-16/h1-15H,(H,29,31). The van der Waals surface area contributed by atoms with E-state index < -0.39 is 17.6 Å². The SMILES string of the molecule is O=C(Nc1ccccc1C(=O)c1ccccc1)c1ccc(-c2cccc(C(F)(F)F)c2)o1. The number of anilines is 1. The second-order valence-corrected chi connectivity index (χ2v) is 6.94. The van der Waals surface area contributed by atoms with Crippen LogP contribution in [-0.2, 0) is 6.18 Å². The van der Waals surface area contributed by atoms with Crippen LogP contribution in [0.1, 0.15) is 32.0 Å². The Hall–Kier alpha value is -4.13. The Labute approximate surface area is 181 Å². The molecule has 0 radical (unpaired) electrons. The van der Waals surface area contributed by atoms with Gasteiger partial charge in [0.25, 0.3) is 5.91 Å². The van der Waals surface area contributed by atoms with Gasteiger partial charge in [-0.2, -0.15) is 13.2 Å². The summed E-state index contributed by atoms with van der Waals surface area (Å²) in [5, 5.41) is 2.64. The van der Waals surface area contributed by atoms with Crippen molar-refractivity contribution in [2.75, 3.05) is 5.32 Å². The minimum absolute atomic E-state index is 0.0978. The highest BCUT2D eigenvalue weighted by molar-refractivity contribution is 6.15. The van der Waals surface area contributed by atoms with Gasteiger partial charge in [0.05, 0.1) is 11.3 Å². The predicted octanol–water partition coefficient (Wildman–Crippen LogP) is 6.45. The molecule has 1 aromatic heterocycles. The number of amides is 1. The van der Waals surface area contributed by atoms with E-state index in [9.17, 15) is 22.8 Å². The van der Waals surface area contributed by atoms with Crippen molar-refractivity contribution in [3.8, 4) is 11.3 Å². The lowest BCUT2D eigenvalue weighted by atomic mass is 10.0. The third-order valence-corrected chi connectivity index (χ3v) is 4.76. The lowest BCUT2D eigenvalue weighted by Crippen LogP contribution is -2.14. The molecule has 0 bridgehead atoms. The second kappa shape index (κ2) is 8.55. The minimum atomic E-state index is -4.49. The van der Waals surface area contributed by atoms with Crippen molar-refractivity contribution in [3.63, 3.8) is 0 Å². The van der Waals surface area contributed by atoms with Crippen molar-refractivity contribution >= 4 is 17.4 Å². The van der Waals surface area contributed by atoms with E-state index in [2.05, 4.69) is 5.32 Å². The van der Waals surface area contributed by atoms with E-state index in [-0.39, 0.29) is 22.9 Å². The van der Waals surface area contributed by atoms with Crippen LogP contribution >= 0.6 is 0 Å². The van der Waals surface area contributed by atoms with Crippen LogP contribution in [0.2, 0.25) is 0 Å². The molecule has 1 amide bonds. The normalized spacial score (nSPS) is 11.2. The number of benzene rings is 3. The molecular weight excluding hydrogens is 419 g/mol. The fourth-order valence-electron chi connectivity index (χ4n) is 3.18. The van der Waals surface area contributed by atoms with Gasteiger partial charge in [-0.3, -0.25) is 9.59 Å². The zero-order valence-electron chi connectivity index (χ0n) is 16.5. The summed E-state index contributed by atoms with van der Waals surface area (Å²) >= 11 is 0. The minimum Gasteiger partial charge on any atom is -0.451 e. The molecule has 0 aliphatic rings. The second-order valence-electron chi connectivity index (χ2n) is 6.94. The van der Waals surface area contributed by atoms with E-state index >= 15 is 0 Å². The molecular formula is C25H16F3NO3. The summed E-state index contributed by atoms with van der Waals surface area (Å²) in [4.78, 5) is 25.5. The molecule has 4 nitrogen and oxygen atoms in total. The summed E-state index contributed by atoms with van der Waals surface area (Å²) in [6, 6.07) is 22.6. The molecule has 3 aromatic carbocycles. The van der Waals surface area contributed by atoms with Gasteiger partial charge in [0.15, 0.2) is 11.5 Å². The van der Waals surface area contributed by atoms with Crippen LogP contribution in [0.3, 0.4) is 0 Å². The summed E-state index contributed by atoms with van der Waals surface area (Å²) in [7, 11) is 0. The smallest absolute Gasteiger partial charge is 0.416 e. The van der Waals surface area contributed by atoms with Crippen LogP contribution in [0.15, 0.2) is 95.4 Å². The summed E-state index contributed by atoms with van der Waals surface area (Å²) in [5.41, 5.74) is 0.448. The van der Waals surface area contributed by atoms with Crippen molar-refractivity contribution in [1.82, 2.24) is 0 Å². The van der Waals surface area contributed by atoms with Gasteiger partial charge in [-0.15, -0.1) is 0 Å². The van der Waals surface area contributed by atoms with Gasteiger partial charge in [-0.1, -0.05) is 54.6 Å². The first kappa shape index (κ1) is 21.1. The van der Waals surface area contributed by atoms with Crippen LogP contribution in [0.4, 0.5) is 18.9 Å². The fourth-order valence-corrected chi connectivity index (χ4v) is 3.18. The zero-order chi connectivity index (χ0) is 22.7. The number of carbonyl (C=O) groups is 2. The van der Waals surface area contributed by atoms with Crippen molar-refractivity contribution in [2.45, 2.75) is 6.18 Å². The highest BCUT2D eigenvalue weighted by atomic mass is 19.4. The lowest BCUT2D eigenvalue weighted by molar-refractivity contribution is -0.137. The molecule has 0 unspecified atom stereocenters. The zero-order valence-corrected chi connectivity index (χ0v) is 16.5. The molecule has 0 saturated heterocycles. The average Bonchev–Trinajstić information content (AvgIpc) is 3.30. The van der Waals surface area contributed by atoms with Crippen molar-refractivity contribution < 1.29 is 27.2 Å². The topological polar surface area (TPSA) is 59.3 Å². The maximum Gasteiger partial charge on any atom is 0.416 e. The number of ketones is 1. The molecule has 1 heterocycles. The number of alkyl halides is 3. The monoisotopic (exact) mass is 435 g/mol. The molecule has 0 aliphatic carbocycles. The Morgan fingerprint density at radius 3 is 2.25 bits per heavy atom. The Bertz CT molecular complexity index is 1280. The number of furan rings is 1. The number of hydrogen-bond acceptors (Lipinski definition) is 3. The maximum absolute atomic E-state index is 13.0. The van der Waals surface area contributed by atoms with Crippen LogP contribution in [0.5, 0.6) is 0 Å². The van der Waals surface area contributed by atoms with Gasteiger partial charge in [0.2, 0.25) is 0 Å². The van der Waals surface area contributed by atoms with Gasteiger partial charge >= 0.3 is 6.18 Å². The number of para-hydroxylation sites is 1. The number of hydrogen-bond donors (Lipinski definition) is 1. The molecule has 160 valence electrons. The molecule has 7 heteroatoms. The van der Waals surface area contributed by atoms with E-state index in [1.165, 1.54) is 24.3 Å². The first-order chi connectivity index (χ1) is 15.3.